The van der Waals surface area contributed by atoms with E-state index in [4.69, 9.17) is 5.11 Å². The van der Waals surface area contributed by atoms with Crippen molar-refractivity contribution < 1.29 is 5.11 Å². The van der Waals surface area contributed by atoms with E-state index >= 15 is 0 Å². The smallest absolute Gasteiger partial charge is 0.174 e. The van der Waals surface area contributed by atoms with E-state index in [1.165, 1.54) is 11.8 Å². The van der Waals surface area contributed by atoms with Crippen molar-refractivity contribution in [3.8, 4) is 0 Å². The summed E-state index contributed by atoms with van der Waals surface area (Å²) < 4.78 is 1.88. The molecule has 0 aliphatic heterocycles. The number of pyridine rings is 1. The van der Waals surface area contributed by atoms with Crippen LogP contribution in [-0.4, -0.2) is 19.6 Å². The summed E-state index contributed by atoms with van der Waals surface area (Å²) in [7, 11) is 1.89. The first-order valence-corrected chi connectivity index (χ1v) is 6.74. The maximum atomic E-state index is 9.15. The van der Waals surface area contributed by atoms with E-state index in [9.17, 15) is 0 Å². The van der Waals surface area contributed by atoms with Gasteiger partial charge in [0.2, 0.25) is 0 Å². The minimum Gasteiger partial charge on any atom is -0.390 e. The normalized spacial score (nSPS) is 11.1. The van der Waals surface area contributed by atoms with Gasteiger partial charge in [-0.3, -0.25) is 0 Å². The van der Waals surface area contributed by atoms with E-state index in [2.05, 4.69) is 16.0 Å². The van der Waals surface area contributed by atoms with Crippen molar-refractivity contribution in [3.05, 3.63) is 48.3 Å². The number of aliphatic hydroxyl groups excluding tert-OH is 1. The van der Waals surface area contributed by atoms with Crippen molar-refractivity contribution in [1.29, 1.82) is 0 Å². The van der Waals surface area contributed by atoms with Crippen LogP contribution in [0.25, 0.3) is 10.9 Å². The predicted molar refractivity (Wildman–Crippen MR) is 75.0 cm³/mol. The highest BCUT2D eigenvalue weighted by Gasteiger charge is 2.08. The zero-order valence-electron chi connectivity index (χ0n) is 10.4. The van der Waals surface area contributed by atoms with Gasteiger partial charge in [-0.2, -0.15) is 0 Å². The Hall–Kier alpha value is -1.85. The number of nitrogens with zero attached hydrogens (tertiary/aromatic N) is 3. The number of rotatable bonds is 3. The number of hydrogen-bond acceptors (Lipinski definition) is 4. The maximum Gasteiger partial charge on any atom is 0.174 e. The van der Waals surface area contributed by atoms with Crippen LogP contribution in [0.3, 0.4) is 0 Å². The second kappa shape index (κ2) is 5.03. The maximum absolute atomic E-state index is 9.15. The quantitative estimate of drug-likeness (QED) is 0.795. The summed E-state index contributed by atoms with van der Waals surface area (Å²) >= 11 is 1.49. The van der Waals surface area contributed by atoms with E-state index in [0.717, 1.165) is 26.8 Å². The van der Waals surface area contributed by atoms with Gasteiger partial charge in [-0.15, -0.1) is 0 Å². The fourth-order valence-corrected chi connectivity index (χ4v) is 2.69. The van der Waals surface area contributed by atoms with Crippen LogP contribution >= 0.6 is 11.8 Å². The van der Waals surface area contributed by atoms with E-state index < -0.39 is 0 Å². The summed E-state index contributed by atoms with van der Waals surface area (Å²) in [5, 5.41) is 12.0. The van der Waals surface area contributed by atoms with Gasteiger partial charge in [0.25, 0.3) is 0 Å². The first-order chi connectivity index (χ1) is 9.28. The van der Waals surface area contributed by atoms with Crippen LogP contribution in [0.1, 0.15) is 5.69 Å². The monoisotopic (exact) mass is 271 g/mol. The molecule has 3 rings (SSSR count). The van der Waals surface area contributed by atoms with Crippen LogP contribution in [0.15, 0.2) is 52.8 Å². The molecule has 96 valence electrons. The molecular formula is C14H13N3OS. The first-order valence-electron chi connectivity index (χ1n) is 5.93. The Morgan fingerprint density at radius 3 is 2.84 bits per heavy atom. The Morgan fingerprint density at radius 2 is 2.05 bits per heavy atom. The lowest BCUT2D eigenvalue weighted by Crippen LogP contribution is -1.97. The van der Waals surface area contributed by atoms with Gasteiger partial charge in [-0.1, -0.05) is 24.3 Å². The number of fused-ring (bicyclic) bond motifs is 1. The van der Waals surface area contributed by atoms with Crippen LogP contribution in [0, 0.1) is 0 Å². The third-order valence-corrected chi connectivity index (χ3v) is 3.97. The fraction of sp³-hybridized carbons (Fsp3) is 0.143. The molecule has 5 heteroatoms. The van der Waals surface area contributed by atoms with Crippen LogP contribution in [0.4, 0.5) is 0 Å². The van der Waals surface area contributed by atoms with Crippen molar-refractivity contribution in [2.75, 3.05) is 0 Å². The third kappa shape index (κ3) is 2.34. The van der Waals surface area contributed by atoms with Crippen LogP contribution < -0.4 is 0 Å². The van der Waals surface area contributed by atoms with Crippen molar-refractivity contribution in [2.24, 2.45) is 7.05 Å². The van der Waals surface area contributed by atoms with E-state index in [1.54, 1.807) is 6.20 Å². The van der Waals surface area contributed by atoms with Crippen molar-refractivity contribution in [2.45, 2.75) is 16.8 Å². The number of imidazole rings is 1. The minimum absolute atomic E-state index is 0.00475. The second-order valence-electron chi connectivity index (χ2n) is 4.19. The Balaban J connectivity index is 1.94. The lowest BCUT2D eigenvalue weighted by molar-refractivity contribution is 0.271. The van der Waals surface area contributed by atoms with Crippen LogP contribution in [0.2, 0.25) is 0 Å². The average Bonchev–Trinajstić information content (AvgIpc) is 2.79. The van der Waals surface area contributed by atoms with Crippen LogP contribution in [-0.2, 0) is 13.7 Å². The molecule has 4 nitrogen and oxygen atoms in total. The summed E-state index contributed by atoms with van der Waals surface area (Å²) in [5.41, 5.74) is 1.77. The molecule has 19 heavy (non-hydrogen) atoms. The molecule has 0 aliphatic carbocycles. The van der Waals surface area contributed by atoms with E-state index in [-0.39, 0.29) is 6.61 Å². The number of para-hydroxylation sites is 1. The molecule has 0 radical (unpaired) electrons. The molecule has 0 aliphatic rings. The van der Waals surface area contributed by atoms with Crippen molar-refractivity contribution >= 4 is 22.7 Å². The Labute approximate surface area is 115 Å². The van der Waals surface area contributed by atoms with Crippen LogP contribution in [0.5, 0.6) is 0 Å². The largest absolute Gasteiger partial charge is 0.390 e. The zero-order valence-corrected chi connectivity index (χ0v) is 11.3. The average molecular weight is 271 g/mol. The van der Waals surface area contributed by atoms with Gasteiger partial charge in [0.1, 0.15) is 5.03 Å². The number of aromatic nitrogens is 3. The van der Waals surface area contributed by atoms with Crippen molar-refractivity contribution in [3.63, 3.8) is 0 Å². The molecule has 2 aromatic heterocycles. The SMILES string of the molecule is Cn1c(CO)cnc1Sc1ccc2ccccc2n1. The lowest BCUT2D eigenvalue weighted by Gasteiger charge is -2.04. The molecule has 0 amide bonds. The number of benzene rings is 1. The molecule has 1 N–H and O–H groups in total. The van der Waals surface area contributed by atoms with Gasteiger partial charge >= 0.3 is 0 Å². The van der Waals surface area contributed by atoms with Gasteiger partial charge in [-0.05, 0) is 23.9 Å². The Morgan fingerprint density at radius 1 is 1.21 bits per heavy atom. The molecule has 0 fully saturated rings. The summed E-state index contributed by atoms with van der Waals surface area (Å²) in [6.07, 6.45) is 1.68. The molecule has 0 spiro atoms. The molecule has 0 saturated carbocycles. The number of hydrogen-bond donors (Lipinski definition) is 1. The number of aliphatic hydroxyl groups is 1. The summed E-state index contributed by atoms with van der Waals surface area (Å²) in [5.74, 6) is 0. The molecule has 0 saturated heterocycles. The Kier molecular flexibility index (Phi) is 3.23. The molecule has 1 aromatic carbocycles. The van der Waals surface area contributed by atoms with Crippen molar-refractivity contribution in [1.82, 2.24) is 14.5 Å². The minimum atomic E-state index is -0.00475. The third-order valence-electron chi connectivity index (χ3n) is 2.97. The summed E-state index contributed by atoms with van der Waals surface area (Å²) in [6, 6.07) is 12.1. The highest BCUT2D eigenvalue weighted by molar-refractivity contribution is 7.99. The molecular weight excluding hydrogens is 258 g/mol. The fourth-order valence-electron chi connectivity index (χ4n) is 1.87. The summed E-state index contributed by atoms with van der Waals surface area (Å²) in [6.45, 7) is -0.00475. The van der Waals surface area contributed by atoms with E-state index in [1.807, 2.05) is 41.9 Å². The van der Waals surface area contributed by atoms with Gasteiger partial charge in [-0.25, -0.2) is 9.97 Å². The molecule has 0 bridgehead atoms. The van der Waals surface area contributed by atoms with Gasteiger partial charge in [0.15, 0.2) is 5.16 Å². The lowest BCUT2D eigenvalue weighted by atomic mass is 10.2. The first kappa shape index (κ1) is 12.2. The molecule has 2 heterocycles. The van der Waals surface area contributed by atoms with Gasteiger partial charge in [0.05, 0.1) is 24.0 Å². The standard InChI is InChI=1S/C14H13N3OS/c1-17-11(9-18)8-15-14(17)19-13-7-6-10-4-2-3-5-12(10)16-13/h2-8,18H,9H2,1H3. The predicted octanol–water partition coefficient (Wildman–Crippen LogP) is 2.61. The van der Waals surface area contributed by atoms with Gasteiger partial charge < -0.3 is 9.67 Å². The van der Waals surface area contributed by atoms with Gasteiger partial charge in [0, 0.05) is 12.4 Å². The topological polar surface area (TPSA) is 50.9 Å². The van der Waals surface area contributed by atoms with E-state index in [0.29, 0.717) is 0 Å². The zero-order chi connectivity index (χ0) is 13.2. The summed E-state index contributed by atoms with van der Waals surface area (Å²) in [4.78, 5) is 8.88. The molecule has 0 atom stereocenters. The molecule has 3 aromatic rings. The molecule has 0 unspecified atom stereocenters. The Bertz CT molecular complexity index is 724. The second-order valence-corrected chi connectivity index (χ2v) is 5.18. The highest BCUT2D eigenvalue weighted by Crippen LogP contribution is 2.26. The highest BCUT2D eigenvalue weighted by atomic mass is 32.2.